The second-order valence-electron chi connectivity index (χ2n) is 19.4. The number of hydrogen-bond donors (Lipinski definition) is 1. The normalized spacial score (nSPS) is 13.4. The van der Waals surface area contributed by atoms with Gasteiger partial charge in [0.1, 0.15) is 29.1 Å². The summed E-state index contributed by atoms with van der Waals surface area (Å²) in [5.74, 6) is 3.79. The van der Waals surface area contributed by atoms with Gasteiger partial charge in [0.05, 0.1) is 34.6 Å². The molecule has 3 atom stereocenters. The molecular weight excluding hydrogens is 961 g/mol. The summed E-state index contributed by atoms with van der Waals surface area (Å²) < 4.78 is 35.1. The first kappa shape index (κ1) is 53.6. The number of benzene rings is 8. The second-order valence-corrected chi connectivity index (χ2v) is 23.2. The van der Waals surface area contributed by atoms with Gasteiger partial charge in [-0.25, -0.2) is 0 Å². The van der Waals surface area contributed by atoms with Crippen molar-refractivity contribution in [3.8, 4) is 23.0 Å². The maximum atomic E-state index is 7.56. The van der Waals surface area contributed by atoms with E-state index in [1.165, 1.54) is 21.2 Å². The largest absolute Gasteiger partial charge is 0.493 e. The molecular formula is C67H73NO5P2. The average Bonchev–Trinajstić information content (AvgIpc) is 3.44. The molecule has 0 aliphatic heterocycles. The van der Waals surface area contributed by atoms with Gasteiger partial charge in [0, 0.05) is 50.4 Å². The summed E-state index contributed by atoms with van der Waals surface area (Å²) in [6, 6.07) is 67.9. The van der Waals surface area contributed by atoms with Gasteiger partial charge in [-0.1, -0.05) is 204 Å². The van der Waals surface area contributed by atoms with E-state index in [9.17, 15) is 0 Å². The van der Waals surface area contributed by atoms with Crippen molar-refractivity contribution in [1.82, 2.24) is 5.09 Å². The molecule has 1 aliphatic rings. The number of para-hydroxylation sites is 3. The molecule has 0 aromatic heterocycles. The standard InChI is InChI=1S/C67H73NO5P2/c1-6-39-69-64-51-27-22-28-52(64)44-54-30-24-32-56(66(54)71-41-8-3)46-58-48-62(47-57(67(58)72-42-9-4)45-55-31-23-29-53(43-51)65(55)70-40-7-2)74(59-33-16-11-17-34-59)68-49(5)63(50-25-14-10-15-26-50)73-75(60-35-18-12-19-36-60)61-37-20-13-21-38-61/h10-38,47-49,63,68H,6-9,39-46H2,1-5H3/t49-,63-,74?/m0/s1. The topological polar surface area (TPSA) is 58.2 Å². The minimum Gasteiger partial charge on any atom is -0.493 e. The molecule has 1 unspecified atom stereocenters. The van der Waals surface area contributed by atoms with E-state index in [0.29, 0.717) is 52.1 Å². The third-order valence-electron chi connectivity index (χ3n) is 13.5. The van der Waals surface area contributed by atoms with Crippen LogP contribution in [0.1, 0.15) is 116 Å². The molecule has 8 aromatic carbocycles. The van der Waals surface area contributed by atoms with Crippen molar-refractivity contribution in [2.45, 2.75) is 98.1 Å². The smallest absolute Gasteiger partial charge is 0.126 e. The molecule has 0 heterocycles. The summed E-state index contributed by atoms with van der Waals surface area (Å²) in [7, 11) is -2.37. The number of hydrogen-bond acceptors (Lipinski definition) is 6. The van der Waals surface area contributed by atoms with E-state index in [0.717, 1.165) is 98.8 Å². The Morgan fingerprint density at radius 2 is 0.693 bits per heavy atom. The van der Waals surface area contributed by atoms with Crippen molar-refractivity contribution in [3.63, 3.8) is 0 Å². The van der Waals surface area contributed by atoms with Gasteiger partial charge in [0.2, 0.25) is 0 Å². The van der Waals surface area contributed by atoms with Gasteiger partial charge in [-0.05, 0) is 105 Å². The summed E-state index contributed by atoms with van der Waals surface area (Å²) in [5, 5.41) is 9.10. The predicted octanol–water partition coefficient (Wildman–Crippen LogP) is 14.6. The molecule has 0 saturated heterocycles. The van der Waals surface area contributed by atoms with Crippen LogP contribution in [0.15, 0.2) is 188 Å². The van der Waals surface area contributed by atoms with Gasteiger partial charge in [-0.15, -0.1) is 0 Å². The number of ether oxygens (including phenoxy) is 4. The van der Waals surface area contributed by atoms with E-state index in [2.05, 4.69) is 228 Å². The minimum absolute atomic E-state index is 0.121. The van der Waals surface area contributed by atoms with Crippen LogP contribution in [-0.4, -0.2) is 32.5 Å². The molecule has 9 rings (SSSR count). The van der Waals surface area contributed by atoms with E-state index in [1.54, 1.807) is 0 Å². The van der Waals surface area contributed by atoms with Crippen LogP contribution in [0.3, 0.4) is 0 Å². The van der Waals surface area contributed by atoms with Crippen LogP contribution in [-0.2, 0) is 30.2 Å². The number of nitrogens with one attached hydrogen (secondary N) is 1. The SMILES string of the molecule is CCCOc1c2cccc1Cc1cccc(c1OCCC)Cc1cc(P(N[C@@H](C)[C@H](OP(c3ccccc3)c3ccccc3)c3ccccc3)c3ccccc3)cc(c1OCCC)Cc1cccc(c1OCCC)C2. The molecule has 0 amide bonds. The maximum Gasteiger partial charge on any atom is 0.126 e. The number of fused-ring (bicyclic) bond motifs is 8. The summed E-state index contributed by atoms with van der Waals surface area (Å²) in [4.78, 5) is 0. The second kappa shape index (κ2) is 27.0. The van der Waals surface area contributed by atoms with Crippen LogP contribution < -0.4 is 45.3 Å². The first-order valence-electron chi connectivity index (χ1n) is 27.2. The van der Waals surface area contributed by atoms with Crippen molar-refractivity contribution in [3.05, 3.63) is 238 Å². The van der Waals surface area contributed by atoms with E-state index in [1.807, 2.05) is 0 Å². The fourth-order valence-electron chi connectivity index (χ4n) is 10.00. The van der Waals surface area contributed by atoms with E-state index in [-0.39, 0.29) is 12.1 Å². The zero-order chi connectivity index (χ0) is 51.8. The third-order valence-corrected chi connectivity index (χ3v) is 17.7. The lowest BCUT2D eigenvalue weighted by Crippen LogP contribution is -2.36. The maximum absolute atomic E-state index is 7.56. The highest BCUT2D eigenvalue weighted by molar-refractivity contribution is 7.71. The molecule has 0 radical (unpaired) electrons. The molecule has 0 saturated carbocycles. The fourth-order valence-corrected chi connectivity index (χ4v) is 14.1. The van der Waals surface area contributed by atoms with Crippen molar-refractivity contribution < 1.29 is 23.5 Å². The summed E-state index contributed by atoms with van der Waals surface area (Å²) in [6.07, 6.45) is 5.89. The van der Waals surface area contributed by atoms with Crippen LogP contribution in [0, 0.1) is 0 Å². The van der Waals surface area contributed by atoms with Crippen molar-refractivity contribution in [1.29, 1.82) is 0 Å². The van der Waals surface area contributed by atoms with Gasteiger partial charge in [0.25, 0.3) is 0 Å². The molecule has 8 aromatic rings. The lowest BCUT2D eigenvalue weighted by Gasteiger charge is -2.33. The number of rotatable bonds is 22. The monoisotopic (exact) mass is 1030 g/mol. The average molecular weight is 1030 g/mol. The van der Waals surface area contributed by atoms with Gasteiger partial charge in [0.15, 0.2) is 0 Å². The van der Waals surface area contributed by atoms with Crippen LogP contribution >= 0.6 is 16.2 Å². The summed E-state index contributed by atoms with van der Waals surface area (Å²) >= 11 is 0. The lowest BCUT2D eigenvalue weighted by molar-refractivity contribution is 0.200. The zero-order valence-corrected chi connectivity index (χ0v) is 46.3. The van der Waals surface area contributed by atoms with Crippen LogP contribution in [0.5, 0.6) is 23.0 Å². The highest BCUT2D eigenvalue weighted by Crippen LogP contribution is 2.45. The van der Waals surface area contributed by atoms with E-state index >= 15 is 0 Å². The van der Waals surface area contributed by atoms with E-state index < -0.39 is 16.2 Å². The molecule has 8 heteroatoms. The highest BCUT2D eigenvalue weighted by atomic mass is 31.1. The Kier molecular flexibility index (Phi) is 19.3. The molecule has 0 fully saturated rings. The summed E-state index contributed by atoms with van der Waals surface area (Å²) in [6.45, 7) is 13.5. The first-order chi connectivity index (χ1) is 37.0. The minimum atomic E-state index is -1.19. The molecule has 1 aliphatic carbocycles. The lowest BCUT2D eigenvalue weighted by atomic mass is 9.91. The van der Waals surface area contributed by atoms with Crippen molar-refractivity contribution in [2.75, 3.05) is 26.4 Å². The molecule has 75 heavy (non-hydrogen) atoms. The van der Waals surface area contributed by atoms with Crippen molar-refractivity contribution >= 4 is 37.4 Å². The Labute approximate surface area is 449 Å². The summed E-state index contributed by atoms with van der Waals surface area (Å²) in [5.41, 5.74) is 10.3. The Morgan fingerprint density at radius 3 is 1.05 bits per heavy atom. The Hall–Kier alpha value is -6.26. The molecule has 8 bridgehead atoms. The van der Waals surface area contributed by atoms with Crippen molar-refractivity contribution in [2.24, 2.45) is 0 Å². The van der Waals surface area contributed by atoms with Gasteiger partial charge < -0.3 is 23.5 Å². The quantitative estimate of drug-likeness (QED) is 0.0683. The molecule has 386 valence electrons. The fraction of sp³-hybridized carbons (Fsp3) is 0.284. The van der Waals surface area contributed by atoms with Crippen LogP contribution in [0.25, 0.3) is 0 Å². The van der Waals surface area contributed by atoms with Gasteiger partial charge >= 0.3 is 0 Å². The van der Waals surface area contributed by atoms with Crippen LogP contribution in [0.4, 0.5) is 0 Å². The van der Waals surface area contributed by atoms with Gasteiger partial charge in [-0.2, -0.15) is 0 Å². The molecule has 0 spiro atoms. The Bertz CT molecular complexity index is 2900. The first-order valence-corrected chi connectivity index (χ1v) is 29.8. The van der Waals surface area contributed by atoms with Crippen LogP contribution in [0.2, 0.25) is 0 Å². The Morgan fingerprint density at radius 1 is 0.373 bits per heavy atom. The van der Waals surface area contributed by atoms with E-state index in [4.69, 9.17) is 23.5 Å². The predicted molar refractivity (Wildman–Crippen MR) is 315 cm³/mol. The highest BCUT2D eigenvalue weighted by Gasteiger charge is 2.31. The molecule has 1 N–H and O–H groups in total. The Balaban J connectivity index is 1.23. The van der Waals surface area contributed by atoms with Gasteiger partial charge in [-0.3, -0.25) is 5.09 Å². The molecule has 6 nitrogen and oxygen atoms in total. The third kappa shape index (κ3) is 13.4. The zero-order valence-electron chi connectivity index (χ0n) is 44.5.